The van der Waals surface area contributed by atoms with Gasteiger partial charge in [-0.15, -0.1) is 5.10 Å². The summed E-state index contributed by atoms with van der Waals surface area (Å²) in [5.74, 6) is 2.89. The largest absolute Gasteiger partial charge is 0.493 e. The van der Waals surface area contributed by atoms with Crippen LogP contribution in [-0.4, -0.2) is 26.7 Å². The van der Waals surface area contributed by atoms with Gasteiger partial charge in [0.25, 0.3) is 0 Å². The Kier molecular flexibility index (Phi) is 3.88. The van der Waals surface area contributed by atoms with Crippen LogP contribution >= 0.6 is 0 Å². The lowest BCUT2D eigenvalue weighted by Gasteiger charge is -2.10. The van der Waals surface area contributed by atoms with Crippen molar-refractivity contribution in [3.63, 3.8) is 0 Å². The molecular weight excluding hydrogens is 318 g/mol. The molecule has 1 N–H and O–H groups in total. The van der Waals surface area contributed by atoms with E-state index in [2.05, 4.69) is 20.4 Å². The van der Waals surface area contributed by atoms with Gasteiger partial charge in [0, 0.05) is 12.3 Å². The second-order valence-corrected chi connectivity index (χ2v) is 5.16. The molecule has 0 radical (unpaired) electrons. The molecule has 4 rings (SSSR count). The van der Waals surface area contributed by atoms with E-state index in [0.717, 1.165) is 0 Å². The highest BCUT2D eigenvalue weighted by Crippen LogP contribution is 2.31. The van der Waals surface area contributed by atoms with Crippen LogP contribution in [0.2, 0.25) is 0 Å². The third-order valence-electron chi connectivity index (χ3n) is 3.51. The van der Waals surface area contributed by atoms with Crippen LogP contribution in [0.25, 0.3) is 5.65 Å². The molecule has 3 heterocycles. The Hall–Kier alpha value is -3.61. The average Bonchev–Trinajstić information content (AvgIpc) is 3.06. The van der Waals surface area contributed by atoms with Crippen molar-refractivity contribution in [3.8, 4) is 17.4 Å². The minimum absolute atomic E-state index is 0.440. The first kappa shape index (κ1) is 14.9. The Morgan fingerprint density at radius 2 is 1.76 bits per heavy atom. The van der Waals surface area contributed by atoms with Crippen molar-refractivity contribution in [2.75, 3.05) is 12.4 Å². The molecule has 7 heteroatoms. The summed E-state index contributed by atoms with van der Waals surface area (Å²) in [5, 5.41) is 7.52. The maximum atomic E-state index is 5.97. The highest BCUT2D eigenvalue weighted by Gasteiger charge is 2.11. The fourth-order valence-electron chi connectivity index (χ4n) is 2.38. The SMILES string of the molecule is COc1ccccc1Oc1cccc2nc(Nc3ccccn3)nn12. The lowest BCUT2D eigenvalue weighted by molar-refractivity contribution is 0.370. The first-order valence-corrected chi connectivity index (χ1v) is 7.68. The summed E-state index contributed by atoms with van der Waals surface area (Å²) < 4.78 is 12.9. The maximum absolute atomic E-state index is 5.97. The highest BCUT2D eigenvalue weighted by molar-refractivity contribution is 5.53. The van der Waals surface area contributed by atoms with Crippen LogP contribution in [0.3, 0.4) is 0 Å². The zero-order valence-electron chi connectivity index (χ0n) is 13.5. The van der Waals surface area contributed by atoms with E-state index in [4.69, 9.17) is 9.47 Å². The molecule has 0 saturated carbocycles. The van der Waals surface area contributed by atoms with Crippen LogP contribution in [0.4, 0.5) is 11.8 Å². The van der Waals surface area contributed by atoms with E-state index < -0.39 is 0 Å². The molecule has 0 spiro atoms. The summed E-state index contributed by atoms with van der Waals surface area (Å²) in [5.41, 5.74) is 0.658. The van der Waals surface area contributed by atoms with Gasteiger partial charge in [0.1, 0.15) is 5.82 Å². The molecule has 0 fully saturated rings. The normalized spacial score (nSPS) is 10.6. The summed E-state index contributed by atoms with van der Waals surface area (Å²) in [6.45, 7) is 0. The lowest BCUT2D eigenvalue weighted by atomic mass is 10.3. The molecule has 0 aliphatic heterocycles. The molecule has 25 heavy (non-hydrogen) atoms. The Bertz CT molecular complexity index is 1000. The predicted octanol–water partition coefficient (Wildman–Crippen LogP) is 3.67. The first-order valence-electron chi connectivity index (χ1n) is 7.68. The van der Waals surface area contributed by atoms with Crippen LogP contribution in [0.5, 0.6) is 17.4 Å². The van der Waals surface area contributed by atoms with Crippen molar-refractivity contribution in [1.29, 1.82) is 0 Å². The molecule has 0 unspecified atom stereocenters. The van der Waals surface area contributed by atoms with Gasteiger partial charge >= 0.3 is 0 Å². The van der Waals surface area contributed by atoms with Gasteiger partial charge in [-0.1, -0.05) is 24.3 Å². The average molecular weight is 333 g/mol. The van der Waals surface area contributed by atoms with Gasteiger partial charge in [-0.3, -0.25) is 0 Å². The van der Waals surface area contributed by atoms with Crippen molar-refractivity contribution in [1.82, 2.24) is 19.6 Å². The topological polar surface area (TPSA) is 73.6 Å². The van der Waals surface area contributed by atoms with Gasteiger partial charge in [0.15, 0.2) is 17.1 Å². The molecule has 0 aliphatic rings. The van der Waals surface area contributed by atoms with Gasteiger partial charge < -0.3 is 14.8 Å². The Labute approximate surface area is 143 Å². The number of pyridine rings is 2. The molecule has 0 bridgehead atoms. The van der Waals surface area contributed by atoms with E-state index in [1.165, 1.54) is 0 Å². The van der Waals surface area contributed by atoms with E-state index in [0.29, 0.717) is 34.8 Å². The number of anilines is 2. The van der Waals surface area contributed by atoms with Gasteiger partial charge in [0.05, 0.1) is 7.11 Å². The summed E-state index contributed by atoms with van der Waals surface area (Å²) in [4.78, 5) is 8.65. The number of rotatable bonds is 5. The third-order valence-corrected chi connectivity index (χ3v) is 3.51. The molecule has 0 atom stereocenters. The fraction of sp³-hybridized carbons (Fsp3) is 0.0556. The number of aromatic nitrogens is 4. The second-order valence-electron chi connectivity index (χ2n) is 5.16. The predicted molar refractivity (Wildman–Crippen MR) is 93.6 cm³/mol. The number of methoxy groups -OCH3 is 1. The summed E-state index contributed by atoms with van der Waals surface area (Å²) in [6, 6.07) is 18.6. The lowest BCUT2D eigenvalue weighted by Crippen LogP contribution is -1.98. The minimum Gasteiger partial charge on any atom is -0.493 e. The molecule has 124 valence electrons. The maximum Gasteiger partial charge on any atom is 0.248 e. The summed E-state index contributed by atoms with van der Waals surface area (Å²) >= 11 is 0. The Morgan fingerprint density at radius 3 is 2.56 bits per heavy atom. The van der Waals surface area contributed by atoms with Crippen molar-refractivity contribution in [3.05, 3.63) is 66.9 Å². The molecule has 1 aromatic carbocycles. The molecule has 0 aliphatic carbocycles. The third kappa shape index (κ3) is 3.07. The van der Waals surface area contributed by atoms with Crippen LogP contribution in [0.15, 0.2) is 66.9 Å². The van der Waals surface area contributed by atoms with Crippen molar-refractivity contribution in [2.24, 2.45) is 0 Å². The monoisotopic (exact) mass is 333 g/mol. The van der Waals surface area contributed by atoms with Gasteiger partial charge in [-0.2, -0.15) is 9.50 Å². The number of hydrogen-bond donors (Lipinski definition) is 1. The van der Waals surface area contributed by atoms with E-state index in [1.807, 2.05) is 60.7 Å². The smallest absolute Gasteiger partial charge is 0.248 e. The Morgan fingerprint density at radius 1 is 0.920 bits per heavy atom. The number of fused-ring (bicyclic) bond motifs is 1. The van der Waals surface area contributed by atoms with Gasteiger partial charge in [-0.25, -0.2) is 4.98 Å². The minimum atomic E-state index is 0.440. The summed E-state index contributed by atoms with van der Waals surface area (Å²) in [6.07, 6.45) is 1.70. The molecule has 4 aromatic rings. The number of nitrogens with zero attached hydrogens (tertiary/aromatic N) is 4. The Balaban J connectivity index is 1.68. The number of benzene rings is 1. The standard InChI is InChI=1S/C18H15N5O2/c1-24-13-7-2-3-8-14(13)25-17-11-6-10-16-21-18(22-23(16)17)20-15-9-4-5-12-19-15/h2-12H,1H3,(H,19,20,22). The fourth-order valence-corrected chi connectivity index (χ4v) is 2.38. The van der Waals surface area contributed by atoms with E-state index in [9.17, 15) is 0 Å². The summed E-state index contributed by atoms with van der Waals surface area (Å²) in [7, 11) is 1.60. The van der Waals surface area contributed by atoms with E-state index in [-0.39, 0.29) is 0 Å². The van der Waals surface area contributed by atoms with Crippen LogP contribution in [0.1, 0.15) is 0 Å². The number of nitrogens with one attached hydrogen (secondary N) is 1. The van der Waals surface area contributed by atoms with E-state index in [1.54, 1.807) is 17.8 Å². The van der Waals surface area contributed by atoms with Crippen LogP contribution < -0.4 is 14.8 Å². The zero-order valence-corrected chi connectivity index (χ0v) is 13.5. The second kappa shape index (κ2) is 6.48. The van der Waals surface area contributed by atoms with Gasteiger partial charge in [-0.05, 0) is 30.3 Å². The van der Waals surface area contributed by atoms with Crippen molar-refractivity contribution < 1.29 is 9.47 Å². The van der Waals surface area contributed by atoms with Gasteiger partial charge in [0.2, 0.25) is 11.8 Å². The molecule has 0 saturated heterocycles. The number of ether oxygens (including phenoxy) is 2. The molecule has 3 aromatic heterocycles. The molecule has 0 amide bonds. The van der Waals surface area contributed by atoms with Crippen LogP contribution in [-0.2, 0) is 0 Å². The van der Waals surface area contributed by atoms with Crippen molar-refractivity contribution in [2.45, 2.75) is 0 Å². The quantitative estimate of drug-likeness (QED) is 0.601. The zero-order chi connectivity index (χ0) is 17.1. The first-order chi connectivity index (χ1) is 12.3. The van der Waals surface area contributed by atoms with Crippen LogP contribution in [0, 0.1) is 0 Å². The number of hydrogen-bond acceptors (Lipinski definition) is 6. The van der Waals surface area contributed by atoms with Crippen molar-refractivity contribution >= 4 is 17.4 Å². The highest BCUT2D eigenvalue weighted by atomic mass is 16.5. The molecular formula is C18H15N5O2. The van der Waals surface area contributed by atoms with E-state index >= 15 is 0 Å². The number of para-hydroxylation sites is 2. The molecule has 7 nitrogen and oxygen atoms in total.